The first-order chi connectivity index (χ1) is 16.2. The molecule has 0 amide bonds. The van der Waals surface area contributed by atoms with Crippen LogP contribution in [0, 0.1) is 11.3 Å². The van der Waals surface area contributed by atoms with E-state index in [-0.39, 0.29) is 24.0 Å². The normalized spacial score (nSPS) is 15.6. The summed E-state index contributed by atoms with van der Waals surface area (Å²) in [7, 11) is 0. The van der Waals surface area contributed by atoms with Crippen molar-refractivity contribution < 1.29 is 0 Å². The summed E-state index contributed by atoms with van der Waals surface area (Å²) < 4.78 is 3.50. The maximum absolute atomic E-state index is 13.7. The van der Waals surface area contributed by atoms with Gasteiger partial charge in [-0.1, -0.05) is 36.4 Å². The van der Waals surface area contributed by atoms with Crippen molar-refractivity contribution in [3.8, 4) is 6.07 Å². The summed E-state index contributed by atoms with van der Waals surface area (Å²) in [6.07, 6.45) is 5.11. The minimum absolute atomic E-state index is 0. The van der Waals surface area contributed by atoms with Crippen molar-refractivity contribution in [1.29, 1.82) is 5.26 Å². The van der Waals surface area contributed by atoms with Crippen molar-refractivity contribution in [3.05, 3.63) is 88.2 Å². The molecule has 8 nitrogen and oxygen atoms in total. The average molecular weight is 476 g/mol. The van der Waals surface area contributed by atoms with Gasteiger partial charge in [0.05, 0.1) is 18.6 Å². The second kappa shape index (κ2) is 10.1. The van der Waals surface area contributed by atoms with Crippen molar-refractivity contribution in [2.45, 2.75) is 32.0 Å². The van der Waals surface area contributed by atoms with E-state index in [9.17, 15) is 10.1 Å². The van der Waals surface area contributed by atoms with Gasteiger partial charge in [-0.25, -0.2) is 4.98 Å². The Kier molecular flexibility index (Phi) is 6.96. The third-order valence-corrected chi connectivity index (χ3v) is 6.11. The molecule has 4 aromatic rings. The monoisotopic (exact) mass is 475 g/mol. The maximum atomic E-state index is 13.7. The molecule has 5 rings (SSSR count). The molecule has 34 heavy (non-hydrogen) atoms. The molecule has 1 fully saturated rings. The zero-order valence-corrected chi connectivity index (χ0v) is 19.5. The Hall–Kier alpha value is -3.67. The molecule has 1 aliphatic rings. The second-order valence-corrected chi connectivity index (χ2v) is 8.43. The van der Waals surface area contributed by atoms with E-state index >= 15 is 0 Å². The molecule has 0 saturated carbocycles. The highest BCUT2D eigenvalue weighted by Crippen LogP contribution is 2.32. The molecule has 1 unspecified atom stereocenters. The van der Waals surface area contributed by atoms with Crippen LogP contribution in [-0.4, -0.2) is 38.2 Å². The Labute approximate surface area is 203 Å². The summed E-state index contributed by atoms with van der Waals surface area (Å²) in [5, 5.41) is 10.1. The molecule has 174 valence electrons. The Morgan fingerprint density at radius 1 is 1.09 bits per heavy atom. The summed E-state index contributed by atoms with van der Waals surface area (Å²) in [5.74, 6) is 0.728. The largest absolute Gasteiger partial charge is 0.355 e. The Morgan fingerprint density at radius 2 is 1.88 bits per heavy atom. The van der Waals surface area contributed by atoms with E-state index in [2.05, 4.69) is 20.9 Å². The Morgan fingerprint density at radius 3 is 2.59 bits per heavy atom. The number of nitrogens with two attached hydrogens (primary N) is 1. The van der Waals surface area contributed by atoms with Crippen LogP contribution in [0.2, 0.25) is 0 Å². The molecule has 0 spiro atoms. The number of nitriles is 1. The minimum Gasteiger partial charge on any atom is -0.355 e. The molecule has 3 aromatic heterocycles. The molecule has 9 heteroatoms. The van der Waals surface area contributed by atoms with Gasteiger partial charge in [-0.05, 0) is 30.5 Å². The smallest absolute Gasteiger partial charge is 0.278 e. The van der Waals surface area contributed by atoms with Crippen molar-refractivity contribution >= 4 is 29.3 Å². The van der Waals surface area contributed by atoms with E-state index in [1.165, 1.54) is 6.33 Å². The Balaban J connectivity index is 0.00000274. The van der Waals surface area contributed by atoms with Gasteiger partial charge >= 0.3 is 0 Å². The summed E-state index contributed by atoms with van der Waals surface area (Å²) in [6, 6.07) is 17.9. The fourth-order valence-electron chi connectivity index (χ4n) is 4.58. The quantitative estimate of drug-likeness (QED) is 0.475. The highest BCUT2D eigenvalue weighted by molar-refractivity contribution is 5.89. The molecule has 1 atom stereocenters. The van der Waals surface area contributed by atoms with Crippen LogP contribution >= 0.6 is 12.4 Å². The summed E-state index contributed by atoms with van der Waals surface area (Å²) in [5.41, 5.74) is 9.19. The predicted molar refractivity (Wildman–Crippen MR) is 134 cm³/mol. The summed E-state index contributed by atoms with van der Waals surface area (Å²) >= 11 is 0. The van der Waals surface area contributed by atoms with E-state index in [0.717, 1.165) is 36.5 Å². The number of benzene rings is 1. The number of hydrogen-bond donors (Lipinski definition) is 1. The van der Waals surface area contributed by atoms with Crippen molar-refractivity contribution in [2.24, 2.45) is 5.73 Å². The molecule has 1 aromatic carbocycles. The fraction of sp³-hybridized carbons (Fsp3) is 0.280. The third kappa shape index (κ3) is 4.40. The number of anilines is 1. The number of pyridine rings is 1. The number of halogens is 1. The standard InChI is InChI=1S/C25H25N7O.ClH/c26-13-21-22-23(25(33)31(17-29-22)16-20-10-4-5-11-28-20)32(14-18-7-2-1-3-8-18)24(21)30-12-6-9-19(27)15-30;/h1-5,7-8,10-11,17,19H,6,9,12,14-16,27H2;1H. The first-order valence-corrected chi connectivity index (χ1v) is 11.1. The molecular formula is C25H26ClN7O. The van der Waals surface area contributed by atoms with Gasteiger partial charge in [-0.15, -0.1) is 12.4 Å². The van der Waals surface area contributed by atoms with E-state index in [1.54, 1.807) is 10.8 Å². The Bertz CT molecular complexity index is 1380. The van der Waals surface area contributed by atoms with Crippen molar-refractivity contribution in [2.75, 3.05) is 18.0 Å². The molecule has 0 bridgehead atoms. The summed E-state index contributed by atoms with van der Waals surface area (Å²) in [4.78, 5) is 24.7. The van der Waals surface area contributed by atoms with Gasteiger partial charge in [0.15, 0.2) is 0 Å². The molecule has 4 heterocycles. The highest BCUT2D eigenvalue weighted by atomic mass is 35.5. The van der Waals surface area contributed by atoms with Crippen LogP contribution in [-0.2, 0) is 13.1 Å². The molecule has 2 N–H and O–H groups in total. The lowest BCUT2D eigenvalue weighted by molar-refractivity contribution is 0.498. The topological polar surface area (TPSA) is 106 Å². The first kappa shape index (κ1) is 23.5. The first-order valence-electron chi connectivity index (χ1n) is 11.1. The zero-order chi connectivity index (χ0) is 22.8. The lowest BCUT2D eigenvalue weighted by Gasteiger charge is -2.33. The van der Waals surface area contributed by atoms with Crippen molar-refractivity contribution in [3.63, 3.8) is 0 Å². The highest BCUT2D eigenvalue weighted by Gasteiger charge is 2.28. The van der Waals surface area contributed by atoms with Gasteiger partial charge in [-0.2, -0.15) is 5.26 Å². The van der Waals surface area contributed by atoms with Crippen molar-refractivity contribution in [1.82, 2.24) is 19.1 Å². The van der Waals surface area contributed by atoms with Gasteiger partial charge in [0.2, 0.25) is 0 Å². The number of aromatic nitrogens is 4. The summed E-state index contributed by atoms with van der Waals surface area (Å²) in [6.45, 7) is 2.20. The van der Waals surface area contributed by atoms with Gasteiger partial charge in [0, 0.05) is 31.9 Å². The van der Waals surface area contributed by atoms with Crippen LogP contribution in [0.25, 0.3) is 11.0 Å². The van der Waals surface area contributed by atoms with Gasteiger partial charge in [0.1, 0.15) is 28.5 Å². The second-order valence-electron chi connectivity index (χ2n) is 8.43. The van der Waals surface area contributed by atoms with Gasteiger partial charge in [-0.3, -0.25) is 14.3 Å². The van der Waals surface area contributed by atoms with Crippen LogP contribution < -0.4 is 16.2 Å². The maximum Gasteiger partial charge on any atom is 0.278 e. The fourth-order valence-corrected chi connectivity index (χ4v) is 4.58. The molecule has 1 saturated heterocycles. The predicted octanol–water partition coefficient (Wildman–Crippen LogP) is 2.91. The average Bonchev–Trinajstić information content (AvgIpc) is 3.16. The minimum atomic E-state index is -0.189. The van der Waals surface area contributed by atoms with Crippen LogP contribution in [0.3, 0.4) is 0 Å². The van der Waals surface area contributed by atoms with Crippen LogP contribution in [0.4, 0.5) is 5.82 Å². The van der Waals surface area contributed by atoms with Crippen LogP contribution in [0.15, 0.2) is 65.8 Å². The number of nitrogens with zero attached hydrogens (tertiary/aromatic N) is 6. The molecule has 0 radical (unpaired) electrons. The number of fused-ring (bicyclic) bond motifs is 1. The van der Waals surface area contributed by atoms with E-state index in [0.29, 0.717) is 36.2 Å². The van der Waals surface area contributed by atoms with Gasteiger partial charge < -0.3 is 15.2 Å². The lowest BCUT2D eigenvalue weighted by atomic mass is 10.1. The molecular weight excluding hydrogens is 450 g/mol. The number of hydrogen-bond acceptors (Lipinski definition) is 6. The molecule has 0 aliphatic carbocycles. The number of rotatable bonds is 5. The number of piperidine rings is 1. The van der Waals surface area contributed by atoms with E-state index in [1.807, 2.05) is 53.1 Å². The van der Waals surface area contributed by atoms with E-state index in [4.69, 9.17) is 5.73 Å². The third-order valence-electron chi connectivity index (χ3n) is 6.11. The van der Waals surface area contributed by atoms with E-state index < -0.39 is 0 Å². The molecule has 1 aliphatic heterocycles. The van der Waals surface area contributed by atoms with Crippen LogP contribution in [0.1, 0.15) is 29.7 Å². The SMILES string of the molecule is Cl.N#Cc1c(N2CCCC(N)C2)n(Cc2ccccc2)c2c(=O)n(Cc3ccccn3)cnc12. The van der Waals surface area contributed by atoms with Crippen LogP contribution in [0.5, 0.6) is 0 Å². The lowest BCUT2D eigenvalue weighted by Crippen LogP contribution is -2.44. The van der Waals surface area contributed by atoms with Gasteiger partial charge in [0.25, 0.3) is 5.56 Å². The zero-order valence-electron chi connectivity index (χ0n) is 18.7.